The van der Waals surface area contributed by atoms with Crippen molar-refractivity contribution in [2.45, 2.75) is 0 Å². The van der Waals surface area contributed by atoms with Gasteiger partial charge < -0.3 is 18.6 Å². The molecule has 0 unspecified atom stereocenters. The van der Waals surface area contributed by atoms with Gasteiger partial charge in [-0.2, -0.15) is 0 Å². The number of para-hydroxylation sites is 1. The highest BCUT2D eigenvalue weighted by atomic mass is 28.4. The topological polar surface area (TPSA) is 39.7 Å². The summed E-state index contributed by atoms with van der Waals surface area (Å²) in [5.74, 6) is 0. The van der Waals surface area contributed by atoms with Crippen molar-refractivity contribution in [1.29, 1.82) is 0 Å². The number of nitrogens with one attached hydrogen (secondary N) is 1. The normalized spacial score (nSPS) is 11.4. The Balaban J connectivity index is 2.54. The van der Waals surface area contributed by atoms with E-state index in [1.165, 1.54) is 0 Å². The van der Waals surface area contributed by atoms with Gasteiger partial charge in [-0.05, 0) is 12.1 Å². The molecule has 1 rings (SSSR count). The highest BCUT2D eigenvalue weighted by Crippen LogP contribution is 2.10. The van der Waals surface area contributed by atoms with Gasteiger partial charge in [-0.25, -0.2) is 0 Å². The second-order valence-electron chi connectivity index (χ2n) is 3.01. The number of rotatable bonds is 6. The van der Waals surface area contributed by atoms with Crippen molar-refractivity contribution in [2.75, 3.05) is 32.8 Å². The number of hydrogen-bond donors (Lipinski definition) is 1. The van der Waals surface area contributed by atoms with Gasteiger partial charge in [0, 0.05) is 27.0 Å². The molecule has 0 aliphatic rings. The van der Waals surface area contributed by atoms with Crippen LogP contribution in [-0.2, 0) is 13.3 Å². The smallest absolute Gasteiger partial charge is 0.381 e. The lowest BCUT2D eigenvalue weighted by molar-refractivity contribution is 0.127. The molecule has 0 aromatic heterocycles. The molecular formula is C10H17NO3Si. The van der Waals surface area contributed by atoms with Crippen LogP contribution in [0.1, 0.15) is 0 Å². The summed E-state index contributed by atoms with van der Waals surface area (Å²) < 4.78 is 15.9. The molecule has 84 valence electrons. The van der Waals surface area contributed by atoms with Crippen LogP contribution in [0.2, 0.25) is 0 Å². The first-order valence-corrected chi connectivity index (χ1v) is 6.64. The van der Waals surface area contributed by atoms with Crippen molar-refractivity contribution in [3.05, 3.63) is 30.3 Å². The third kappa shape index (κ3) is 3.31. The second-order valence-corrected chi connectivity index (χ2v) is 5.96. The first-order valence-electron chi connectivity index (χ1n) is 4.70. The monoisotopic (exact) mass is 227 g/mol. The predicted molar refractivity (Wildman–Crippen MR) is 61.7 cm³/mol. The van der Waals surface area contributed by atoms with E-state index in [1.807, 2.05) is 30.3 Å². The summed E-state index contributed by atoms with van der Waals surface area (Å²) in [5, 5.41) is 3.23. The summed E-state index contributed by atoms with van der Waals surface area (Å²) in [4.78, 5) is 0. The van der Waals surface area contributed by atoms with Crippen LogP contribution < -0.4 is 5.32 Å². The van der Waals surface area contributed by atoms with Gasteiger partial charge in [-0.3, -0.25) is 0 Å². The minimum atomic E-state index is -2.51. The van der Waals surface area contributed by atoms with Gasteiger partial charge in [-0.1, -0.05) is 18.2 Å². The molecule has 0 amide bonds. The van der Waals surface area contributed by atoms with E-state index in [-0.39, 0.29) is 0 Å². The molecule has 1 aromatic rings. The summed E-state index contributed by atoms with van der Waals surface area (Å²) in [6.07, 6.45) is 0.556. The Morgan fingerprint density at radius 2 is 1.53 bits per heavy atom. The lowest BCUT2D eigenvalue weighted by Gasteiger charge is -2.24. The average Bonchev–Trinajstić information content (AvgIpc) is 2.33. The molecule has 15 heavy (non-hydrogen) atoms. The molecule has 0 spiro atoms. The molecule has 0 atom stereocenters. The fourth-order valence-electron chi connectivity index (χ4n) is 1.23. The Morgan fingerprint density at radius 1 is 1.00 bits per heavy atom. The zero-order chi connectivity index (χ0) is 11.1. The quantitative estimate of drug-likeness (QED) is 0.748. The fraction of sp³-hybridized carbons (Fsp3) is 0.400. The molecule has 0 saturated carbocycles. The van der Waals surface area contributed by atoms with Gasteiger partial charge in [0.1, 0.15) is 0 Å². The van der Waals surface area contributed by atoms with E-state index in [4.69, 9.17) is 13.3 Å². The van der Waals surface area contributed by atoms with E-state index in [0.717, 1.165) is 5.69 Å². The van der Waals surface area contributed by atoms with E-state index >= 15 is 0 Å². The zero-order valence-corrected chi connectivity index (χ0v) is 10.3. The minimum absolute atomic E-state index is 0.556. The summed E-state index contributed by atoms with van der Waals surface area (Å²) in [6.45, 7) is 0. The predicted octanol–water partition coefficient (Wildman–Crippen LogP) is 1.52. The lowest BCUT2D eigenvalue weighted by Crippen LogP contribution is -2.49. The summed E-state index contributed by atoms with van der Waals surface area (Å²) >= 11 is 0. The summed E-state index contributed by atoms with van der Waals surface area (Å²) in [6, 6.07) is 9.88. The molecule has 1 aromatic carbocycles. The van der Waals surface area contributed by atoms with E-state index in [2.05, 4.69) is 5.32 Å². The first-order chi connectivity index (χ1) is 7.26. The molecule has 0 heterocycles. The first kappa shape index (κ1) is 12.2. The summed E-state index contributed by atoms with van der Waals surface area (Å²) in [7, 11) is 2.30. The van der Waals surface area contributed by atoms with E-state index < -0.39 is 8.80 Å². The Labute approximate surface area is 91.5 Å². The molecule has 0 radical (unpaired) electrons. The molecular weight excluding hydrogens is 210 g/mol. The maximum atomic E-state index is 5.29. The number of benzene rings is 1. The lowest BCUT2D eigenvalue weighted by atomic mass is 10.3. The van der Waals surface area contributed by atoms with Crippen molar-refractivity contribution in [3.63, 3.8) is 0 Å². The molecule has 0 aliphatic carbocycles. The fourth-order valence-corrected chi connectivity index (χ4v) is 2.59. The van der Waals surface area contributed by atoms with Crippen molar-refractivity contribution in [1.82, 2.24) is 0 Å². The standard InChI is InChI=1S/C10H17NO3Si/c1-12-15(13-2,14-3)9-11-10-7-5-4-6-8-10/h4-8,11H,9H2,1-3H3. The minimum Gasteiger partial charge on any atom is -0.381 e. The Hall–Kier alpha value is -0.883. The Bertz CT molecular complexity index is 269. The van der Waals surface area contributed by atoms with E-state index in [1.54, 1.807) is 21.3 Å². The second kappa shape index (κ2) is 5.87. The molecule has 5 heteroatoms. The number of anilines is 1. The Kier molecular flexibility index (Phi) is 4.77. The van der Waals surface area contributed by atoms with Crippen LogP contribution in [0.5, 0.6) is 0 Å². The van der Waals surface area contributed by atoms with Gasteiger partial charge in [-0.15, -0.1) is 0 Å². The molecule has 1 N–H and O–H groups in total. The van der Waals surface area contributed by atoms with Crippen LogP contribution >= 0.6 is 0 Å². The van der Waals surface area contributed by atoms with Crippen molar-refractivity contribution in [2.24, 2.45) is 0 Å². The van der Waals surface area contributed by atoms with Crippen molar-refractivity contribution in [3.8, 4) is 0 Å². The highest BCUT2D eigenvalue weighted by molar-refractivity contribution is 6.61. The highest BCUT2D eigenvalue weighted by Gasteiger charge is 2.37. The Morgan fingerprint density at radius 3 is 2.00 bits per heavy atom. The van der Waals surface area contributed by atoms with Crippen LogP contribution in [0.25, 0.3) is 0 Å². The van der Waals surface area contributed by atoms with Gasteiger partial charge in [0.2, 0.25) is 0 Å². The molecule has 4 nitrogen and oxygen atoms in total. The molecule has 0 saturated heterocycles. The third-order valence-corrected chi connectivity index (χ3v) is 4.69. The van der Waals surface area contributed by atoms with Crippen molar-refractivity contribution >= 4 is 14.5 Å². The molecule has 0 aliphatic heterocycles. The van der Waals surface area contributed by atoms with E-state index in [9.17, 15) is 0 Å². The summed E-state index contributed by atoms with van der Waals surface area (Å²) in [5.41, 5.74) is 1.03. The van der Waals surface area contributed by atoms with Crippen molar-refractivity contribution < 1.29 is 13.3 Å². The molecule has 0 bridgehead atoms. The molecule has 0 fully saturated rings. The maximum Gasteiger partial charge on any atom is 0.520 e. The van der Waals surface area contributed by atoms with Crippen LogP contribution in [-0.4, -0.2) is 36.3 Å². The largest absolute Gasteiger partial charge is 0.520 e. The van der Waals surface area contributed by atoms with Crippen LogP contribution in [0.3, 0.4) is 0 Å². The number of hydrogen-bond acceptors (Lipinski definition) is 4. The van der Waals surface area contributed by atoms with Gasteiger partial charge in [0.15, 0.2) is 0 Å². The maximum absolute atomic E-state index is 5.29. The van der Waals surface area contributed by atoms with Crippen LogP contribution in [0.15, 0.2) is 30.3 Å². The van der Waals surface area contributed by atoms with Gasteiger partial charge >= 0.3 is 8.80 Å². The van der Waals surface area contributed by atoms with Gasteiger partial charge in [0.05, 0.1) is 6.17 Å². The zero-order valence-electron chi connectivity index (χ0n) is 9.32. The van der Waals surface area contributed by atoms with E-state index in [0.29, 0.717) is 6.17 Å². The van der Waals surface area contributed by atoms with Crippen LogP contribution in [0, 0.1) is 0 Å². The van der Waals surface area contributed by atoms with Crippen LogP contribution in [0.4, 0.5) is 5.69 Å². The van der Waals surface area contributed by atoms with Gasteiger partial charge in [0.25, 0.3) is 0 Å². The average molecular weight is 227 g/mol. The SMILES string of the molecule is CO[Si](CNc1ccccc1)(OC)OC. The third-order valence-electron chi connectivity index (χ3n) is 2.22.